The molecule has 0 aromatic carbocycles. The standard InChI is InChI=1S/C12H19N3O3/c1-3-9-14-10(12(16)17-2)11(13)15(9)8-5-4-6-18-7-8/h8H,3-7,13H2,1-2H3. The number of carbonyl (C=O) groups is 1. The van der Waals surface area contributed by atoms with E-state index in [1.165, 1.54) is 7.11 Å². The maximum Gasteiger partial charge on any atom is 0.360 e. The smallest absolute Gasteiger partial charge is 0.360 e. The highest BCUT2D eigenvalue weighted by atomic mass is 16.5. The Bertz CT molecular complexity index is 436. The van der Waals surface area contributed by atoms with Crippen molar-refractivity contribution in [1.82, 2.24) is 9.55 Å². The summed E-state index contributed by atoms with van der Waals surface area (Å²) in [5.41, 5.74) is 6.24. The van der Waals surface area contributed by atoms with Crippen molar-refractivity contribution in [2.75, 3.05) is 26.1 Å². The van der Waals surface area contributed by atoms with Crippen LogP contribution in [0.25, 0.3) is 0 Å². The second-order valence-electron chi connectivity index (χ2n) is 4.35. The quantitative estimate of drug-likeness (QED) is 0.818. The summed E-state index contributed by atoms with van der Waals surface area (Å²) in [6.07, 6.45) is 2.71. The van der Waals surface area contributed by atoms with E-state index in [4.69, 9.17) is 15.2 Å². The number of carbonyl (C=O) groups excluding carboxylic acids is 1. The molecule has 1 aliphatic rings. The summed E-state index contributed by atoms with van der Waals surface area (Å²) in [7, 11) is 1.33. The first-order valence-electron chi connectivity index (χ1n) is 6.21. The molecule has 0 radical (unpaired) electrons. The number of rotatable bonds is 3. The largest absolute Gasteiger partial charge is 0.464 e. The maximum absolute atomic E-state index is 11.6. The number of ether oxygens (including phenoxy) is 2. The van der Waals surface area contributed by atoms with Gasteiger partial charge < -0.3 is 19.8 Å². The number of methoxy groups -OCH3 is 1. The van der Waals surface area contributed by atoms with Crippen LogP contribution in [0.5, 0.6) is 0 Å². The zero-order valence-corrected chi connectivity index (χ0v) is 10.8. The molecule has 1 aliphatic heterocycles. The number of anilines is 1. The van der Waals surface area contributed by atoms with Gasteiger partial charge in [0.2, 0.25) is 0 Å². The van der Waals surface area contributed by atoms with Gasteiger partial charge in [-0.15, -0.1) is 0 Å². The lowest BCUT2D eigenvalue weighted by molar-refractivity contribution is 0.0579. The highest BCUT2D eigenvalue weighted by molar-refractivity contribution is 5.92. The molecule has 0 amide bonds. The first-order valence-corrected chi connectivity index (χ1v) is 6.21. The Labute approximate surface area is 106 Å². The number of hydrogen-bond donors (Lipinski definition) is 1. The van der Waals surface area contributed by atoms with Crippen LogP contribution in [-0.2, 0) is 15.9 Å². The van der Waals surface area contributed by atoms with Crippen molar-refractivity contribution in [2.24, 2.45) is 0 Å². The molecular formula is C12H19N3O3. The Morgan fingerprint density at radius 1 is 1.67 bits per heavy atom. The average molecular weight is 253 g/mol. The van der Waals surface area contributed by atoms with Gasteiger partial charge in [0.05, 0.1) is 19.8 Å². The summed E-state index contributed by atoms with van der Waals surface area (Å²) in [6.45, 7) is 3.40. The molecule has 6 heteroatoms. The predicted molar refractivity (Wildman–Crippen MR) is 66.4 cm³/mol. The molecule has 1 unspecified atom stereocenters. The SMILES string of the molecule is CCc1nc(C(=O)OC)c(N)n1C1CCCOC1. The van der Waals surface area contributed by atoms with Crippen LogP contribution >= 0.6 is 0 Å². The first-order chi connectivity index (χ1) is 8.69. The van der Waals surface area contributed by atoms with Crippen molar-refractivity contribution < 1.29 is 14.3 Å². The molecule has 6 nitrogen and oxygen atoms in total. The molecule has 100 valence electrons. The number of aryl methyl sites for hydroxylation is 1. The monoisotopic (exact) mass is 253 g/mol. The van der Waals surface area contributed by atoms with Gasteiger partial charge in [-0.1, -0.05) is 6.92 Å². The number of esters is 1. The van der Waals surface area contributed by atoms with Gasteiger partial charge in [-0.05, 0) is 12.8 Å². The zero-order chi connectivity index (χ0) is 13.1. The molecular weight excluding hydrogens is 234 g/mol. The van der Waals surface area contributed by atoms with E-state index < -0.39 is 5.97 Å². The fraction of sp³-hybridized carbons (Fsp3) is 0.667. The van der Waals surface area contributed by atoms with Gasteiger partial charge in [-0.25, -0.2) is 9.78 Å². The number of nitrogen functional groups attached to an aromatic ring is 1. The molecule has 0 aliphatic carbocycles. The molecule has 18 heavy (non-hydrogen) atoms. The van der Waals surface area contributed by atoms with Crippen LogP contribution in [0.3, 0.4) is 0 Å². The zero-order valence-electron chi connectivity index (χ0n) is 10.8. The Morgan fingerprint density at radius 3 is 3.00 bits per heavy atom. The molecule has 1 aromatic heterocycles. The fourth-order valence-corrected chi connectivity index (χ4v) is 2.32. The third kappa shape index (κ3) is 2.20. The second-order valence-corrected chi connectivity index (χ2v) is 4.35. The molecule has 1 fully saturated rings. The van der Waals surface area contributed by atoms with E-state index in [1.807, 2.05) is 11.5 Å². The number of hydrogen-bond acceptors (Lipinski definition) is 5. The maximum atomic E-state index is 11.6. The van der Waals surface area contributed by atoms with Crippen LogP contribution < -0.4 is 5.73 Å². The Balaban J connectivity index is 2.38. The van der Waals surface area contributed by atoms with Gasteiger partial charge in [-0.2, -0.15) is 0 Å². The molecule has 1 aromatic rings. The Morgan fingerprint density at radius 2 is 2.44 bits per heavy atom. The van der Waals surface area contributed by atoms with Crippen molar-refractivity contribution in [2.45, 2.75) is 32.2 Å². The Kier molecular flexibility index (Phi) is 3.86. The van der Waals surface area contributed by atoms with Crippen molar-refractivity contribution in [3.05, 3.63) is 11.5 Å². The van der Waals surface area contributed by atoms with Crippen LogP contribution in [0.2, 0.25) is 0 Å². The highest BCUT2D eigenvalue weighted by Crippen LogP contribution is 2.27. The van der Waals surface area contributed by atoms with Crippen molar-refractivity contribution in [1.29, 1.82) is 0 Å². The first kappa shape index (κ1) is 12.9. The van der Waals surface area contributed by atoms with Gasteiger partial charge in [-0.3, -0.25) is 0 Å². The van der Waals surface area contributed by atoms with Crippen LogP contribution in [-0.4, -0.2) is 35.8 Å². The van der Waals surface area contributed by atoms with Gasteiger partial charge in [0, 0.05) is 13.0 Å². The minimum Gasteiger partial charge on any atom is -0.464 e. The van der Waals surface area contributed by atoms with E-state index in [0.717, 1.165) is 31.7 Å². The van der Waals surface area contributed by atoms with Crippen molar-refractivity contribution >= 4 is 11.8 Å². The van der Waals surface area contributed by atoms with Crippen LogP contribution in [0.1, 0.15) is 42.1 Å². The van der Waals surface area contributed by atoms with E-state index >= 15 is 0 Å². The molecule has 2 N–H and O–H groups in total. The number of nitrogens with zero attached hydrogens (tertiary/aromatic N) is 2. The summed E-state index contributed by atoms with van der Waals surface area (Å²) in [4.78, 5) is 15.9. The number of nitrogens with two attached hydrogens (primary N) is 1. The van der Waals surface area contributed by atoms with Gasteiger partial charge in [0.25, 0.3) is 0 Å². The predicted octanol–water partition coefficient (Wildman–Crippen LogP) is 1.17. The molecule has 2 heterocycles. The molecule has 0 bridgehead atoms. The average Bonchev–Trinajstić information content (AvgIpc) is 2.75. The fourth-order valence-electron chi connectivity index (χ4n) is 2.32. The number of aromatic nitrogens is 2. The van der Waals surface area contributed by atoms with E-state index in [-0.39, 0.29) is 11.7 Å². The minimum atomic E-state index is -0.488. The van der Waals surface area contributed by atoms with E-state index in [2.05, 4.69) is 4.98 Å². The lowest BCUT2D eigenvalue weighted by Gasteiger charge is -2.25. The molecule has 0 spiro atoms. The summed E-state index contributed by atoms with van der Waals surface area (Å²) in [6, 6.07) is 0.166. The van der Waals surface area contributed by atoms with Gasteiger partial charge >= 0.3 is 5.97 Å². The lowest BCUT2D eigenvalue weighted by Crippen LogP contribution is -2.24. The minimum absolute atomic E-state index is 0.166. The molecule has 1 saturated heterocycles. The van der Waals surface area contributed by atoms with Gasteiger partial charge in [0.15, 0.2) is 5.69 Å². The second kappa shape index (κ2) is 5.39. The van der Waals surface area contributed by atoms with E-state index in [0.29, 0.717) is 12.4 Å². The summed E-state index contributed by atoms with van der Waals surface area (Å²) >= 11 is 0. The van der Waals surface area contributed by atoms with Crippen LogP contribution in [0, 0.1) is 0 Å². The summed E-state index contributed by atoms with van der Waals surface area (Å²) in [5, 5.41) is 0. The lowest BCUT2D eigenvalue weighted by atomic mass is 10.1. The van der Waals surface area contributed by atoms with E-state index in [1.54, 1.807) is 0 Å². The van der Waals surface area contributed by atoms with E-state index in [9.17, 15) is 4.79 Å². The number of imidazole rings is 1. The summed E-state index contributed by atoms with van der Waals surface area (Å²) < 4.78 is 12.1. The van der Waals surface area contributed by atoms with Gasteiger partial charge in [0.1, 0.15) is 11.6 Å². The van der Waals surface area contributed by atoms with Crippen LogP contribution in [0.4, 0.5) is 5.82 Å². The molecule has 0 saturated carbocycles. The molecule has 1 atom stereocenters. The topological polar surface area (TPSA) is 79.4 Å². The third-order valence-electron chi connectivity index (χ3n) is 3.22. The van der Waals surface area contributed by atoms with Crippen LogP contribution in [0.15, 0.2) is 0 Å². The normalized spacial score (nSPS) is 19.8. The Hall–Kier alpha value is -1.56. The third-order valence-corrected chi connectivity index (χ3v) is 3.22. The van der Waals surface area contributed by atoms with Crippen molar-refractivity contribution in [3.8, 4) is 0 Å². The van der Waals surface area contributed by atoms with Crippen molar-refractivity contribution in [3.63, 3.8) is 0 Å². The summed E-state index contributed by atoms with van der Waals surface area (Å²) in [5.74, 6) is 0.704. The highest BCUT2D eigenvalue weighted by Gasteiger charge is 2.26. The molecule has 2 rings (SSSR count).